The predicted octanol–water partition coefficient (Wildman–Crippen LogP) is 3.22. The minimum atomic E-state index is -0.576. The summed E-state index contributed by atoms with van der Waals surface area (Å²) >= 11 is 5.57. The number of hydrogen-bond donors (Lipinski definition) is 1. The number of nitro benzene ring substituents is 1. The molecule has 0 bridgehead atoms. The largest absolute Gasteiger partial charge is 0.466 e. The Labute approximate surface area is 157 Å². The third kappa shape index (κ3) is 3.29. The highest BCUT2D eigenvalue weighted by Crippen LogP contribution is 2.36. The van der Waals surface area contributed by atoms with Crippen LogP contribution in [0, 0.1) is 10.1 Å². The molecule has 0 radical (unpaired) electrons. The van der Waals surface area contributed by atoms with Crippen LogP contribution in [0.3, 0.4) is 0 Å². The smallest absolute Gasteiger partial charge is 0.337 e. The summed E-state index contributed by atoms with van der Waals surface area (Å²) in [5.74, 6) is -0.461. The van der Waals surface area contributed by atoms with Crippen LogP contribution in [-0.4, -0.2) is 34.1 Å². The number of non-ortho nitro benzene ring substituents is 1. The van der Waals surface area contributed by atoms with Crippen molar-refractivity contribution < 1.29 is 14.5 Å². The fraction of sp³-hybridized carbons (Fsp3) is 0.444. The topological polar surface area (TPSA) is 84.7 Å². The number of methoxy groups -OCH3 is 1. The minimum absolute atomic E-state index is 0.0321. The summed E-state index contributed by atoms with van der Waals surface area (Å²) in [7, 11) is 1.33. The lowest BCUT2D eigenvalue weighted by Crippen LogP contribution is -2.51. The second kappa shape index (κ2) is 7.41. The van der Waals surface area contributed by atoms with Gasteiger partial charge < -0.3 is 15.0 Å². The number of nitro groups is 1. The maximum atomic E-state index is 12.5. The predicted molar refractivity (Wildman–Crippen MR) is 100 cm³/mol. The van der Waals surface area contributed by atoms with E-state index in [1.165, 1.54) is 19.2 Å². The normalized spacial score (nSPS) is 20.9. The lowest BCUT2D eigenvalue weighted by atomic mass is 9.94. The van der Waals surface area contributed by atoms with Crippen molar-refractivity contribution in [1.29, 1.82) is 0 Å². The van der Waals surface area contributed by atoms with Gasteiger partial charge in [0.15, 0.2) is 5.11 Å². The summed E-state index contributed by atoms with van der Waals surface area (Å²) in [6, 6.07) is 5.92. The molecule has 7 nitrogen and oxygen atoms in total. The highest BCUT2D eigenvalue weighted by Gasteiger charge is 2.38. The molecule has 1 atom stereocenters. The molecule has 1 aromatic rings. The molecule has 1 aromatic carbocycles. The number of esters is 1. The summed E-state index contributed by atoms with van der Waals surface area (Å²) in [6.07, 6.45) is 4.32. The second-order valence-corrected chi connectivity index (χ2v) is 6.92. The van der Waals surface area contributed by atoms with Crippen molar-refractivity contribution >= 4 is 29.0 Å². The molecule has 1 heterocycles. The molecular weight excluding hydrogens is 354 g/mol. The summed E-state index contributed by atoms with van der Waals surface area (Å²) in [4.78, 5) is 25.2. The number of rotatable bonds is 4. The van der Waals surface area contributed by atoms with E-state index in [9.17, 15) is 14.9 Å². The first kappa shape index (κ1) is 18.3. The molecule has 1 saturated carbocycles. The van der Waals surface area contributed by atoms with E-state index in [2.05, 4.69) is 5.32 Å². The Balaban J connectivity index is 2.07. The van der Waals surface area contributed by atoms with Crippen LogP contribution in [0.15, 0.2) is 35.5 Å². The Bertz CT molecular complexity index is 786. The van der Waals surface area contributed by atoms with E-state index in [4.69, 9.17) is 17.0 Å². The third-order valence-electron chi connectivity index (χ3n) is 5.04. The maximum Gasteiger partial charge on any atom is 0.337 e. The monoisotopic (exact) mass is 375 g/mol. The van der Waals surface area contributed by atoms with Gasteiger partial charge in [0.1, 0.15) is 0 Å². The number of nitrogens with one attached hydrogen (secondary N) is 1. The lowest BCUT2D eigenvalue weighted by molar-refractivity contribution is -0.384. The highest BCUT2D eigenvalue weighted by atomic mass is 32.1. The van der Waals surface area contributed by atoms with Gasteiger partial charge in [0, 0.05) is 23.9 Å². The van der Waals surface area contributed by atoms with Gasteiger partial charge in [-0.05, 0) is 37.5 Å². The van der Waals surface area contributed by atoms with Gasteiger partial charge in [-0.1, -0.05) is 25.0 Å². The Hall–Kier alpha value is -2.48. The van der Waals surface area contributed by atoms with Gasteiger partial charge in [-0.25, -0.2) is 4.79 Å². The average molecular weight is 375 g/mol. The van der Waals surface area contributed by atoms with Crippen molar-refractivity contribution in [3.63, 3.8) is 0 Å². The fourth-order valence-electron chi connectivity index (χ4n) is 3.80. The summed E-state index contributed by atoms with van der Waals surface area (Å²) < 4.78 is 5.00. The summed E-state index contributed by atoms with van der Waals surface area (Å²) in [5, 5.41) is 14.8. The third-order valence-corrected chi connectivity index (χ3v) is 5.35. The van der Waals surface area contributed by atoms with Gasteiger partial charge in [-0.15, -0.1) is 0 Å². The van der Waals surface area contributed by atoms with Gasteiger partial charge >= 0.3 is 5.97 Å². The zero-order valence-electron chi connectivity index (χ0n) is 14.7. The molecule has 2 aliphatic rings. The fourth-order valence-corrected chi connectivity index (χ4v) is 4.21. The molecule has 0 aromatic heterocycles. The van der Waals surface area contributed by atoms with Crippen molar-refractivity contribution in [2.75, 3.05) is 7.11 Å². The quantitative estimate of drug-likeness (QED) is 0.374. The first-order valence-electron chi connectivity index (χ1n) is 8.57. The molecule has 3 rings (SSSR count). The van der Waals surface area contributed by atoms with Crippen LogP contribution in [0.25, 0.3) is 0 Å². The molecule has 1 aliphatic heterocycles. The van der Waals surface area contributed by atoms with Crippen molar-refractivity contribution in [3.05, 3.63) is 51.2 Å². The Morgan fingerprint density at radius 2 is 2.08 bits per heavy atom. The minimum Gasteiger partial charge on any atom is -0.466 e. The molecule has 0 saturated heterocycles. The molecule has 1 aliphatic carbocycles. The van der Waals surface area contributed by atoms with E-state index in [-0.39, 0.29) is 11.7 Å². The molecular formula is C18H21N3O4S. The molecule has 138 valence electrons. The average Bonchev–Trinajstić information content (AvgIpc) is 3.15. The van der Waals surface area contributed by atoms with Crippen LogP contribution in [0.5, 0.6) is 0 Å². The van der Waals surface area contributed by atoms with Gasteiger partial charge in [-0.3, -0.25) is 10.1 Å². The molecule has 8 heteroatoms. The summed E-state index contributed by atoms with van der Waals surface area (Å²) in [5.41, 5.74) is 1.76. The van der Waals surface area contributed by atoms with Crippen LogP contribution in [0.1, 0.15) is 44.2 Å². The zero-order valence-corrected chi connectivity index (χ0v) is 15.5. The van der Waals surface area contributed by atoms with Crippen LogP contribution in [-0.2, 0) is 9.53 Å². The van der Waals surface area contributed by atoms with E-state index in [1.54, 1.807) is 12.1 Å². The van der Waals surface area contributed by atoms with Crippen molar-refractivity contribution in [1.82, 2.24) is 10.2 Å². The van der Waals surface area contributed by atoms with Crippen LogP contribution in [0.2, 0.25) is 0 Å². The van der Waals surface area contributed by atoms with E-state index in [0.29, 0.717) is 16.2 Å². The number of benzene rings is 1. The number of carbonyl (C=O) groups excluding carboxylic acids is 1. The number of carbonyl (C=O) groups is 1. The van der Waals surface area contributed by atoms with Crippen LogP contribution < -0.4 is 5.32 Å². The molecule has 0 spiro atoms. The first-order chi connectivity index (χ1) is 12.4. The SMILES string of the molecule is COC(=O)C1=C(C)N(C2CCCC2)C(=S)N[C@H]1c1cccc([N+](=O)[O-])c1. The molecule has 0 amide bonds. The Morgan fingerprint density at radius 3 is 2.69 bits per heavy atom. The van der Waals surface area contributed by atoms with Gasteiger partial charge in [0.25, 0.3) is 5.69 Å². The Morgan fingerprint density at radius 1 is 1.38 bits per heavy atom. The number of nitrogens with zero attached hydrogens (tertiary/aromatic N) is 2. The Kier molecular flexibility index (Phi) is 5.22. The van der Waals surface area contributed by atoms with Crippen LogP contribution >= 0.6 is 12.2 Å². The number of ether oxygens (including phenoxy) is 1. The van der Waals surface area contributed by atoms with Crippen molar-refractivity contribution in [3.8, 4) is 0 Å². The zero-order chi connectivity index (χ0) is 18.8. The summed E-state index contributed by atoms with van der Waals surface area (Å²) in [6.45, 7) is 1.86. The van der Waals surface area contributed by atoms with E-state index >= 15 is 0 Å². The molecule has 26 heavy (non-hydrogen) atoms. The highest BCUT2D eigenvalue weighted by molar-refractivity contribution is 7.80. The maximum absolute atomic E-state index is 12.5. The van der Waals surface area contributed by atoms with Gasteiger partial charge in [0.05, 0.1) is 23.6 Å². The van der Waals surface area contributed by atoms with Crippen molar-refractivity contribution in [2.45, 2.75) is 44.7 Å². The number of thiocarbonyl (C=S) groups is 1. The van der Waals surface area contributed by atoms with E-state index < -0.39 is 16.9 Å². The number of hydrogen-bond acceptors (Lipinski definition) is 5. The number of allylic oxidation sites excluding steroid dienone is 1. The standard InChI is InChI=1S/C18H21N3O4S/c1-11-15(17(22)25-2)16(12-6-5-9-14(10-12)21(23)24)19-18(26)20(11)13-7-3-4-8-13/h5-6,9-10,13,16H,3-4,7-8H2,1-2H3,(H,19,26)/t16-/m0/s1. The second-order valence-electron chi connectivity index (χ2n) is 6.53. The van der Waals surface area contributed by atoms with Crippen molar-refractivity contribution in [2.24, 2.45) is 0 Å². The van der Waals surface area contributed by atoms with E-state index in [1.807, 2.05) is 11.8 Å². The molecule has 1 fully saturated rings. The molecule has 0 unspecified atom stereocenters. The van der Waals surface area contributed by atoms with Gasteiger partial charge in [-0.2, -0.15) is 0 Å². The first-order valence-corrected chi connectivity index (χ1v) is 8.98. The van der Waals surface area contributed by atoms with Crippen LogP contribution in [0.4, 0.5) is 5.69 Å². The lowest BCUT2D eigenvalue weighted by Gasteiger charge is -2.40. The molecule has 1 N–H and O–H groups in total. The van der Waals surface area contributed by atoms with E-state index in [0.717, 1.165) is 31.4 Å². The van der Waals surface area contributed by atoms with Gasteiger partial charge in [0.2, 0.25) is 0 Å².